The summed E-state index contributed by atoms with van der Waals surface area (Å²) >= 11 is 0. The van der Waals surface area contributed by atoms with E-state index >= 15 is 0 Å². The topological polar surface area (TPSA) is 52.0 Å². The first kappa shape index (κ1) is 11.3. The monoisotopic (exact) mass is 170 g/mol. The number of nitrogens with zero attached hydrogens (tertiary/aromatic N) is 4. The summed E-state index contributed by atoms with van der Waals surface area (Å²) in [5.41, 5.74) is 8.10. The lowest BCUT2D eigenvalue weighted by molar-refractivity contribution is 0.180. The third-order valence-electron chi connectivity index (χ3n) is 1.85. The molecule has 0 rings (SSSR count). The predicted octanol–water partition coefficient (Wildman–Crippen LogP) is 2.42. The molecule has 0 aromatic rings. The standard InChI is InChI=1S/C8H18N4/c1-7(2)12(8(3)4)6-5-10-11-9/h7-8H,5-6H2,1-4H3. The number of hydrogen-bond acceptors (Lipinski definition) is 2. The van der Waals surface area contributed by atoms with Crippen molar-refractivity contribution in [2.24, 2.45) is 5.11 Å². The minimum atomic E-state index is 0.513. The molecule has 0 unspecified atom stereocenters. The highest BCUT2D eigenvalue weighted by atomic mass is 15.2. The van der Waals surface area contributed by atoms with Gasteiger partial charge in [0.1, 0.15) is 0 Å². The summed E-state index contributed by atoms with van der Waals surface area (Å²) < 4.78 is 0. The lowest BCUT2D eigenvalue weighted by atomic mass is 10.2. The van der Waals surface area contributed by atoms with Crippen LogP contribution < -0.4 is 0 Å². The maximum atomic E-state index is 8.10. The van der Waals surface area contributed by atoms with Gasteiger partial charge in [-0.25, -0.2) is 0 Å². The Hall–Kier alpha value is -0.730. The van der Waals surface area contributed by atoms with Crippen LogP contribution in [-0.2, 0) is 0 Å². The van der Waals surface area contributed by atoms with E-state index in [1.54, 1.807) is 0 Å². The molecule has 0 aliphatic rings. The third kappa shape index (κ3) is 4.21. The average Bonchev–Trinajstić information content (AvgIpc) is 1.96. The summed E-state index contributed by atoms with van der Waals surface area (Å²) in [5.74, 6) is 0. The van der Waals surface area contributed by atoms with E-state index in [-0.39, 0.29) is 0 Å². The number of hydrogen-bond donors (Lipinski definition) is 0. The minimum absolute atomic E-state index is 0.513. The van der Waals surface area contributed by atoms with Crippen LogP contribution in [0.15, 0.2) is 5.11 Å². The van der Waals surface area contributed by atoms with E-state index < -0.39 is 0 Å². The van der Waals surface area contributed by atoms with Crippen molar-refractivity contribution in [3.63, 3.8) is 0 Å². The van der Waals surface area contributed by atoms with E-state index in [0.717, 1.165) is 6.54 Å². The first-order valence-electron chi connectivity index (χ1n) is 4.36. The Morgan fingerprint density at radius 2 is 1.75 bits per heavy atom. The van der Waals surface area contributed by atoms with Crippen molar-refractivity contribution in [2.75, 3.05) is 13.1 Å². The zero-order valence-electron chi connectivity index (χ0n) is 8.36. The highest BCUT2D eigenvalue weighted by Gasteiger charge is 2.11. The second-order valence-corrected chi connectivity index (χ2v) is 3.38. The van der Waals surface area contributed by atoms with E-state index in [1.165, 1.54) is 0 Å². The zero-order valence-corrected chi connectivity index (χ0v) is 8.36. The molecule has 4 heteroatoms. The molecule has 0 atom stereocenters. The molecule has 12 heavy (non-hydrogen) atoms. The maximum absolute atomic E-state index is 8.10. The molecule has 0 saturated heterocycles. The van der Waals surface area contributed by atoms with Gasteiger partial charge >= 0.3 is 0 Å². The third-order valence-corrected chi connectivity index (χ3v) is 1.85. The molecule has 0 amide bonds. The lowest BCUT2D eigenvalue weighted by Crippen LogP contribution is -2.38. The van der Waals surface area contributed by atoms with Crippen LogP contribution in [0.3, 0.4) is 0 Å². The molecule has 0 fully saturated rings. The highest BCUT2D eigenvalue weighted by Crippen LogP contribution is 2.03. The Morgan fingerprint density at radius 3 is 2.08 bits per heavy atom. The fraction of sp³-hybridized carbons (Fsp3) is 1.00. The number of azide groups is 1. The zero-order chi connectivity index (χ0) is 9.56. The van der Waals surface area contributed by atoms with Gasteiger partial charge in [-0.2, -0.15) is 0 Å². The summed E-state index contributed by atoms with van der Waals surface area (Å²) in [6.45, 7) is 10.0. The molecule has 0 bridgehead atoms. The number of rotatable bonds is 5. The van der Waals surface area contributed by atoms with Crippen LogP contribution in [0.4, 0.5) is 0 Å². The van der Waals surface area contributed by atoms with Gasteiger partial charge in [-0.15, -0.1) is 0 Å². The van der Waals surface area contributed by atoms with Crippen LogP contribution in [0.5, 0.6) is 0 Å². The van der Waals surface area contributed by atoms with Crippen molar-refractivity contribution < 1.29 is 0 Å². The van der Waals surface area contributed by atoms with Crippen molar-refractivity contribution in [1.29, 1.82) is 0 Å². The Labute approximate surface area is 74.2 Å². The fourth-order valence-electron chi connectivity index (χ4n) is 1.32. The van der Waals surface area contributed by atoms with Crippen LogP contribution in [0, 0.1) is 0 Å². The average molecular weight is 170 g/mol. The van der Waals surface area contributed by atoms with Crippen molar-refractivity contribution in [2.45, 2.75) is 39.8 Å². The van der Waals surface area contributed by atoms with E-state index in [0.29, 0.717) is 18.6 Å². The molecule has 70 valence electrons. The fourth-order valence-corrected chi connectivity index (χ4v) is 1.32. The molecule has 0 aliphatic carbocycles. The molecule has 0 aliphatic heterocycles. The second kappa shape index (κ2) is 5.86. The summed E-state index contributed by atoms with van der Waals surface area (Å²) in [6, 6.07) is 1.03. The van der Waals surface area contributed by atoms with Gasteiger partial charge < -0.3 is 0 Å². The molecule has 0 spiro atoms. The van der Waals surface area contributed by atoms with Crippen molar-refractivity contribution >= 4 is 0 Å². The predicted molar refractivity (Wildman–Crippen MR) is 51.0 cm³/mol. The summed E-state index contributed by atoms with van der Waals surface area (Å²) in [7, 11) is 0. The van der Waals surface area contributed by atoms with Gasteiger partial charge in [0.05, 0.1) is 0 Å². The van der Waals surface area contributed by atoms with Gasteiger partial charge in [0.15, 0.2) is 0 Å². The molecule has 0 aromatic carbocycles. The van der Waals surface area contributed by atoms with Crippen LogP contribution in [-0.4, -0.2) is 30.1 Å². The largest absolute Gasteiger partial charge is 0.298 e. The van der Waals surface area contributed by atoms with E-state index in [1.807, 2.05) is 0 Å². The van der Waals surface area contributed by atoms with Crippen molar-refractivity contribution in [3.8, 4) is 0 Å². The Kier molecular flexibility index (Phi) is 5.51. The van der Waals surface area contributed by atoms with E-state index in [9.17, 15) is 0 Å². The Balaban J connectivity index is 3.87. The summed E-state index contributed by atoms with van der Waals surface area (Å²) in [4.78, 5) is 5.02. The van der Waals surface area contributed by atoms with Crippen molar-refractivity contribution in [1.82, 2.24) is 4.90 Å². The normalized spacial score (nSPS) is 10.9. The van der Waals surface area contributed by atoms with Crippen LogP contribution in [0.2, 0.25) is 0 Å². The van der Waals surface area contributed by atoms with Crippen molar-refractivity contribution in [3.05, 3.63) is 10.4 Å². The van der Waals surface area contributed by atoms with Gasteiger partial charge in [-0.3, -0.25) is 4.90 Å². The second-order valence-electron chi connectivity index (χ2n) is 3.38. The van der Waals surface area contributed by atoms with Crippen LogP contribution >= 0.6 is 0 Å². The molecule has 4 nitrogen and oxygen atoms in total. The molecule has 0 heterocycles. The van der Waals surface area contributed by atoms with Crippen LogP contribution in [0.1, 0.15) is 27.7 Å². The van der Waals surface area contributed by atoms with Gasteiger partial charge in [-0.05, 0) is 33.2 Å². The quantitative estimate of drug-likeness (QED) is 0.355. The molecule has 0 aromatic heterocycles. The minimum Gasteiger partial charge on any atom is -0.298 e. The summed E-state index contributed by atoms with van der Waals surface area (Å²) in [5, 5.41) is 3.52. The van der Waals surface area contributed by atoms with E-state index in [4.69, 9.17) is 5.53 Å². The highest BCUT2D eigenvalue weighted by molar-refractivity contribution is 4.68. The molecular formula is C8H18N4. The lowest BCUT2D eigenvalue weighted by Gasteiger charge is -2.29. The van der Waals surface area contributed by atoms with Gasteiger partial charge in [0.25, 0.3) is 0 Å². The summed E-state index contributed by atoms with van der Waals surface area (Å²) in [6.07, 6.45) is 0. The SMILES string of the molecule is CC(C)N(CCN=[N+]=[N-])C(C)C. The molecule has 0 saturated carbocycles. The first-order chi connectivity index (χ1) is 5.59. The smallest absolute Gasteiger partial charge is 0.0386 e. The maximum Gasteiger partial charge on any atom is 0.0386 e. The van der Waals surface area contributed by atoms with Gasteiger partial charge in [0.2, 0.25) is 0 Å². The molecular weight excluding hydrogens is 152 g/mol. The van der Waals surface area contributed by atoms with E-state index in [2.05, 4.69) is 42.6 Å². The Morgan fingerprint density at radius 1 is 1.25 bits per heavy atom. The first-order valence-corrected chi connectivity index (χ1v) is 4.36. The molecule has 0 N–H and O–H groups in total. The molecule has 0 radical (unpaired) electrons. The van der Waals surface area contributed by atoms with Gasteiger partial charge in [0, 0.05) is 30.1 Å². The van der Waals surface area contributed by atoms with Crippen LogP contribution in [0.25, 0.3) is 10.4 Å². The van der Waals surface area contributed by atoms with Gasteiger partial charge in [-0.1, -0.05) is 5.11 Å². The Bertz CT molecular complexity index is 150.